The summed E-state index contributed by atoms with van der Waals surface area (Å²) in [6.45, 7) is 5.05. The van der Waals surface area contributed by atoms with Crippen LogP contribution in [0.1, 0.15) is 22.5 Å². The van der Waals surface area contributed by atoms with Crippen molar-refractivity contribution >= 4 is 28.3 Å². The predicted octanol–water partition coefficient (Wildman–Crippen LogP) is 4.31. The molecule has 3 aromatic rings. The largest absolute Gasteiger partial charge is 0.457 e. The summed E-state index contributed by atoms with van der Waals surface area (Å²) in [5.41, 5.74) is 7.05. The Morgan fingerprint density at radius 3 is 2.36 bits per heavy atom. The van der Waals surface area contributed by atoms with Gasteiger partial charge in [0.15, 0.2) is 5.13 Å². The first kappa shape index (κ1) is 22.5. The van der Waals surface area contributed by atoms with Crippen molar-refractivity contribution in [3.05, 3.63) is 72.1 Å². The predicted molar refractivity (Wildman–Crippen MR) is 131 cm³/mol. The van der Waals surface area contributed by atoms with Crippen LogP contribution < -0.4 is 15.4 Å². The third-order valence-electron chi connectivity index (χ3n) is 5.75. The average molecular weight is 463 g/mol. The average Bonchev–Trinajstić information content (AvgIpc) is 3.30. The van der Waals surface area contributed by atoms with E-state index in [4.69, 9.17) is 15.5 Å². The Balaban J connectivity index is 1.50. The molecule has 170 valence electrons. The molecule has 0 spiro atoms. The molecule has 1 aromatic heterocycles. The van der Waals surface area contributed by atoms with E-state index in [0.29, 0.717) is 16.3 Å². The van der Waals surface area contributed by atoms with E-state index in [1.807, 2.05) is 61.6 Å². The Kier molecular flexibility index (Phi) is 6.74. The van der Waals surface area contributed by atoms with Crippen molar-refractivity contribution in [1.29, 1.82) is 0 Å². The number of primary amides is 1. The number of piperidine rings is 1. The molecular formula is C25H26N4O3S. The minimum Gasteiger partial charge on any atom is -0.457 e. The van der Waals surface area contributed by atoms with Crippen LogP contribution in [0, 0.1) is 0 Å². The zero-order chi connectivity index (χ0) is 23.4. The summed E-state index contributed by atoms with van der Waals surface area (Å²) < 4.78 is 5.85. The van der Waals surface area contributed by atoms with Crippen LogP contribution in [-0.2, 0) is 4.79 Å². The summed E-state index contributed by atoms with van der Waals surface area (Å²) in [7, 11) is 1.81. The highest BCUT2D eigenvalue weighted by Gasteiger charge is 2.27. The fraction of sp³-hybridized carbons (Fsp3) is 0.240. The number of thiazole rings is 1. The smallest absolute Gasteiger partial charge is 0.261 e. The van der Waals surface area contributed by atoms with Crippen LogP contribution in [-0.4, -0.2) is 47.9 Å². The number of amides is 2. The van der Waals surface area contributed by atoms with Crippen molar-refractivity contribution in [3.63, 3.8) is 0 Å². The molecule has 4 rings (SSSR count). The molecule has 0 radical (unpaired) electrons. The maximum Gasteiger partial charge on any atom is 0.261 e. The first-order chi connectivity index (χ1) is 16.0. The maximum absolute atomic E-state index is 12.1. The Morgan fingerprint density at radius 1 is 1.12 bits per heavy atom. The first-order valence-corrected chi connectivity index (χ1v) is 11.6. The molecule has 0 unspecified atom stereocenters. The number of rotatable bonds is 7. The number of hydrogen-bond acceptors (Lipinski definition) is 6. The lowest BCUT2D eigenvalue weighted by molar-refractivity contribution is -0.127. The lowest BCUT2D eigenvalue weighted by atomic mass is 10.0. The van der Waals surface area contributed by atoms with Crippen molar-refractivity contribution in [1.82, 2.24) is 9.88 Å². The Bertz CT molecular complexity index is 1140. The molecular weight excluding hydrogens is 436 g/mol. The molecule has 1 fully saturated rings. The van der Waals surface area contributed by atoms with Crippen molar-refractivity contribution in [2.24, 2.45) is 5.73 Å². The Hall–Kier alpha value is -3.65. The lowest BCUT2D eigenvalue weighted by Crippen LogP contribution is -2.45. The van der Waals surface area contributed by atoms with E-state index in [1.165, 1.54) is 17.4 Å². The van der Waals surface area contributed by atoms with Gasteiger partial charge in [0.1, 0.15) is 16.4 Å². The van der Waals surface area contributed by atoms with Crippen molar-refractivity contribution in [3.8, 4) is 22.8 Å². The van der Waals surface area contributed by atoms with Gasteiger partial charge in [-0.25, -0.2) is 4.98 Å². The van der Waals surface area contributed by atoms with Crippen molar-refractivity contribution in [2.45, 2.75) is 18.9 Å². The van der Waals surface area contributed by atoms with Gasteiger partial charge in [0.05, 0.1) is 5.69 Å². The SMILES string of the molecule is C=CC(=O)N(C)C1CCN(c2nc(-c3ccc(Oc4ccccc4)cc3)c(C(N)=O)s2)CC1. The fourth-order valence-corrected chi connectivity index (χ4v) is 4.87. The van der Waals surface area contributed by atoms with Crippen LogP contribution in [0.25, 0.3) is 11.3 Å². The van der Waals surface area contributed by atoms with Gasteiger partial charge in [-0.1, -0.05) is 36.1 Å². The fourth-order valence-electron chi connectivity index (χ4n) is 3.88. The third-order valence-corrected chi connectivity index (χ3v) is 6.88. The zero-order valence-corrected chi connectivity index (χ0v) is 19.3. The van der Waals surface area contributed by atoms with Gasteiger partial charge in [-0.3, -0.25) is 9.59 Å². The summed E-state index contributed by atoms with van der Waals surface area (Å²) in [5.74, 6) is 0.884. The molecule has 0 aliphatic carbocycles. The molecule has 2 N–H and O–H groups in total. The van der Waals surface area contributed by atoms with Gasteiger partial charge in [0.2, 0.25) is 5.91 Å². The molecule has 8 heteroatoms. The number of benzene rings is 2. The second-order valence-electron chi connectivity index (χ2n) is 7.85. The van der Waals surface area contributed by atoms with Gasteiger partial charge in [-0.15, -0.1) is 0 Å². The maximum atomic E-state index is 12.1. The van der Waals surface area contributed by atoms with E-state index >= 15 is 0 Å². The van der Waals surface area contributed by atoms with Gasteiger partial charge in [-0.05, 0) is 55.3 Å². The summed E-state index contributed by atoms with van der Waals surface area (Å²) in [6.07, 6.45) is 2.99. The van der Waals surface area contributed by atoms with Crippen LogP contribution in [0.15, 0.2) is 67.3 Å². The number of likely N-dealkylation sites (N-methyl/N-ethyl adjacent to an activating group) is 1. The van der Waals surface area contributed by atoms with Gasteiger partial charge in [0, 0.05) is 31.7 Å². The quantitative estimate of drug-likeness (QED) is 0.529. The molecule has 33 heavy (non-hydrogen) atoms. The van der Waals surface area contributed by atoms with Crippen LogP contribution in [0.5, 0.6) is 11.5 Å². The number of aromatic nitrogens is 1. The molecule has 1 aliphatic rings. The van der Waals surface area contributed by atoms with E-state index in [9.17, 15) is 9.59 Å². The number of carbonyl (C=O) groups excluding carboxylic acids is 2. The molecule has 0 saturated carbocycles. The molecule has 7 nitrogen and oxygen atoms in total. The van der Waals surface area contributed by atoms with Crippen molar-refractivity contribution in [2.75, 3.05) is 25.0 Å². The molecule has 2 heterocycles. The van der Waals surface area contributed by atoms with Gasteiger partial charge in [-0.2, -0.15) is 0 Å². The molecule has 1 aliphatic heterocycles. The van der Waals surface area contributed by atoms with Gasteiger partial charge >= 0.3 is 0 Å². The molecule has 0 atom stereocenters. The number of nitrogens with zero attached hydrogens (tertiary/aromatic N) is 3. The standard InChI is InChI=1S/C25H26N4O3S/c1-3-21(30)28(2)18-13-15-29(16-14-18)25-27-22(23(33-25)24(26)31)17-9-11-20(12-10-17)32-19-7-5-4-6-8-19/h3-12,18H,1,13-16H2,2H3,(H2,26,31). The number of ether oxygens (including phenoxy) is 1. The normalized spacial score (nSPS) is 14.0. The van der Waals surface area contributed by atoms with Gasteiger partial charge < -0.3 is 20.3 Å². The number of hydrogen-bond donors (Lipinski definition) is 1. The highest BCUT2D eigenvalue weighted by Crippen LogP contribution is 2.35. The summed E-state index contributed by atoms with van der Waals surface area (Å²) in [4.78, 5) is 33.1. The lowest BCUT2D eigenvalue weighted by Gasteiger charge is -2.36. The summed E-state index contributed by atoms with van der Waals surface area (Å²) in [5, 5.41) is 0.763. The summed E-state index contributed by atoms with van der Waals surface area (Å²) >= 11 is 1.31. The Morgan fingerprint density at radius 2 is 1.76 bits per heavy atom. The first-order valence-electron chi connectivity index (χ1n) is 10.7. The van der Waals surface area contributed by atoms with Crippen molar-refractivity contribution < 1.29 is 14.3 Å². The molecule has 2 aromatic carbocycles. The zero-order valence-electron chi connectivity index (χ0n) is 18.4. The second kappa shape index (κ2) is 9.87. The van der Waals surface area contributed by atoms with E-state index in [2.05, 4.69) is 11.5 Å². The molecule has 0 bridgehead atoms. The minimum absolute atomic E-state index is 0.0688. The minimum atomic E-state index is -0.496. The number of nitrogens with two attached hydrogens (primary N) is 1. The van der Waals surface area contributed by atoms with E-state index in [-0.39, 0.29) is 11.9 Å². The van der Waals surface area contributed by atoms with Crippen LogP contribution in [0.3, 0.4) is 0 Å². The summed E-state index contributed by atoms with van der Waals surface area (Å²) in [6, 6.07) is 17.2. The molecule has 1 saturated heterocycles. The highest BCUT2D eigenvalue weighted by molar-refractivity contribution is 7.18. The number of para-hydroxylation sites is 1. The highest BCUT2D eigenvalue weighted by atomic mass is 32.1. The Labute approximate surface area is 197 Å². The third kappa shape index (κ3) is 5.06. The number of anilines is 1. The monoisotopic (exact) mass is 462 g/mol. The molecule has 2 amide bonds. The van der Waals surface area contributed by atoms with Crippen LogP contribution in [0.4, 0.5) is 5.13 Å². The van der Waals surface area contributed by atoms with Crippen LogP contribution >= 0.6 is 11.3 Å². The van der Waals surface area contributed by atoms with E-state index in [1.54, 1.807) is 4.90 Å². The van der Waals surface area contributed by atoms with E-state index in [0.717, 1.165) is 42.4 Å². The second-order valence-corrected chi connectivity index (χ2v) is 8.83. The van der Waals surface area contributed by atoms with Gasteiger partial charge in [0.25, 0.3) is 5.91 Å². The van der Waals surface area contributed by atoms with Crippen LogP contribution in [0.2, 0.25) is 0 Å². The number of carbonyl (C=O) groups is 2. The van der Waals surface area contributed by atoms with E-state index < -0.39 is 5.91 Å². The topological polar surface area (TPSA) is 88.8 Å².